The molecule has 0 bridgehead atoms. The van der Waals surface area contributed by atoms with E-state index in [-0.39, 0.29) is 0 Å². The number of anilines is 1. The third-order valence-corrected chi connectivity index (χ3v) is 4.43. The maximum absolute atomic E-state index is 3.58. The van der Waals surface area contributed by atoms with Crippen molar-refractivity contribution in [2.45, 2.75) is 24.6 Å². The zero-order chi connectivity index (χ0) is 9.97. The fourth-order valence-electron chi connectivity index (χ4n) is 1.68. The normalized spacial score (nSPS) is 26.4. The van der Waals surface area contributed by atoms with Crippen LogP contribution in [0.2, 0.25) is 0 Å². The Kier molecular flexibility index (Phi) is 3.39. The van der Waals surface area contributed by atoms with Gasteiger partial charge in [0, 0.05) is 21.5 Å². The predicted octanol–water partition coefficient (Wildman–Crippen LogP) is 3.76. The Morgan fingerprint density at radius 2 is 2.07 bits per heavy atom. The second-order valence-electron chi connectivity index (χ2n) is 3.62. The van der Waals surface area contributed by atoms with E-state index in [0.29, 0.717) is 6.04 Å². The molecule has 0 aromatic heterocycles. The van der Waals surface area contributed by atoms with Crippen molar-refractivity contribution in [1.82, 2.24) is 0 Å². The minimum absolute atomic E-state index is 0.640. The summed E-state index contributed by atoms with van der Waals surface area (Å²) in [6, 6.07) is 9.05. The summed E-state index contributed by atoms with van der Waals surface area (Å²) < 4.78 is 1.14. The second-order valence-corrected chi connectivity index (χ2v) is 6.02. The molecule has 76 valence electrons. The van der Waals surface area contributed by atoms with Crippen molar-refractivity contribution in [2.75, 3.05) is 11.1 Å². The first-order valence-electron chi connectivity index (χ1n) is 4.89. The van der Waals surface area contributed by atoms with Crippen molar-refractivity contribution in [3.05, 3.63) is 28.7 Å². The number of halogens is 1. The molecular formula is C11H14BrNS. The highest BCUT2D eigenvalue weighted by Gasteiger charge is 2.23. The Morgan fingerprint density at radius 1 is 1.36 bits per heavy atom. The first kappa shape index (κ1) is 10.4. The molecule has 3 heteroatoms. The van der Waals surface area contributed by atoms with Crippen LogP contribution in [0.3, 0.4) is 0 Å². The molecule has 1 heterocycles. The van der Waals surface area contributed by atoms with Gasteiger partial charge in [-0.2, -0.15) is 11.8 Å². The van der Waals surface area contributed by atoms with Crippen molar-refractivity contribution in [1.29, 1.82) is 0 Å². The third-order valence-electron chi connectivity index (χ3n) is 2.57. The standard InChI is InChI=1S/C11H14BrNS/c1-8-11(6-7-14-8)13-10-4-2-9(12)3-5-10/h2-5,8,11,13H,6-7H2,1H3. The summed E-state index contributed by atoms with van der Waals surface area (Å²) in [4.78, 5) is 0. The van der Waals surface area contributed by atoms with Gasteiger partial charge in [0.1, 0.15) is 0 Å². The lowest BCUT2D eigenvalue weighted by atomic mass is 10.1. The van der Waals surface area contributed by atoms with Crippen molar-refractivity contribution < 1.29 is 0 Å². The Balaban J connectivity index is 2.00. The van der Waals surface area contributed by atoms with Crippen molar-refractivity contribution in [3.63, 3.8) is 0 Å². The highest BCUT2D eigenvalue weighted by atomic mass is 79.9. The highest BCUT2D eigenvalue weighted by Crippen LogP contribution is 2.29. The van der Waals surface area contributed by atoms with E-state index in [1.54, 1.807) is 0 Å². The van der Waals surface area contributed by atoms with Crippen LogP contribution in [0.4, 0.5) is 5.69 Å². The van der Waals surface area contributed by atoms with Gasteiger partial charge in [-0.3, -0.25) is 0 Å². The number of hydrogen-bond donors (Lipinski definition) is 1. The van der Waals surface area contributed by atoms with E-state index < -0.39 is 0 Å². The first-order chi connectivity index (χ1) is 6.75. The van der Waals surface area contributed by atoms with Gasteiger partial charge in [-0.25, -0.2) is 0 Å². The molecule has 0 spiro atoms. The van der Waals surface area contributed by atoms with E-state index in [9.17, 15) is 0 Å². The molecule has 1 saturated heterocycles. The van der Waals surface area contributed by atoms with Gasteiger partial charge in [-0.15, -0.1) is 0 Å². The van der Waals surface area contributed by atoms with E-state index in [1.165, 1.54) is 17.9 Å². The lowest BCUT2D eigenvalue weighted by molar-refractivity contribution is 0.724. The average molecular weight is 272 g/mol. The molecule has 0 saturated carbocycles. The molecule has 1 nitrogen and oxygen atoms in total. The molecule has 0 radical (unpaired) electrons. The largest absolute Gasteiger partial charge is 0.381 e. The molecule has 14 heavy (non-hydrogen) atoms. The smallest absolute Gasteiger partial charge is 0.0385 e. The van der Waals surface area contributed by atoms with Crippen LogP contribution in [0.25, 0.3) is 0 Å². The summed E-state index contributed by atoms with van der Waals surface area (Å²) in [5, 5.41) is 4.31. The Hall–Kier alpha value is -0.150. The van der Waals surface area contributed by atoms with Gasteiger partial charge in [0.2, 0.25) is 0 Å². The lowest BCUT2D eigenvalue weighted by Crippen LogP contribution is -2.24. The van der Waals surface area contributed by atoms with Crippen LogP contribution >= 0.6 is 27.7 Å². The fraction of sp³-hybridized carbons (Fsp3) is 0.455. The Bertz CT molecular complexity index is 299. The van der Waals surface area contributed by atoms with Gasteiger partial charge in [-0.05, 0) is 36.4 Å². The van der Waals surface area contributed by atoms with Crippen molar-refractivity contribution in [3.8, 4) is 0 Å². The molecule has 2 rings (SSSR count). The number of rotatable bonds is 2. The number of nitrogens with one attached hydrogen (secondary N) is 1. The summed E-state index contributed by atoms with van der Waals surface area (Å²) in [6.45, 7) is 2.30. The van der Waals surface area contributed by atoms with E-state index >= 15 is 0 Å². The van der Waals surface area contributed by atoms with Gasteiger partial charge < -0.3 is 5.32 Å². The van der Waals surface area contributed by atoms with Crippen LogP contribution in [0.15, 0.2) is 28.7 Å². The summed E-state index contributed by atoms with van der Waals surface area (Å²) in [5.41, 5.74) is 1.23. The summed E-state index contributed by atoms with van der Waals surface area (Å²) in [7, 11) is 0. The average Bonchev–Trinajstić information content (AvgIpc) is 2.56. The molecule has 1 aromatic rings. The molecule has 0 amide bonds. The predicted molar refractivity (Wildman–Crippen MR) is 68.1 cm³/mol. The first-order valence-corrected chi connectivity index (χ1v) is 6.73. The second kappa shape index (κ2) is 4.58. The number of hydrogen-bond acceptors (Lipinski definition) is 2. The SMILES string of the molecule is CC1SCCC1Nc1ccc(Br)cc1. The minimum atomic E-state index is 0.640. The van der Waals surface area contributed by atoms with Crippen LogP contribution in [0.1, 0.15) is 13.3 Å². The van der Waals surface area contributed by atoms with Crippen LogP contribution in [-0.4, -0.2) is 17.0 Å². The van der Waals surface area contributed by atoms with E-state index in [2.05, 4.69) is 64.2 Å². The highest BCUT2D eigenvalue weighted by molar-refractivity contribution is 9.10. The molecular weight excluding hydrogens is 258 g/mol. The maximum Gasteiger partial charge on any atom is 0.0385 e. The van der Waals surface area contributed by atoms with Crippen LogP contribution in [-0.2, 0) is 0 Å². The fourth-order valence-corrected chi connectivity index (χ4v) is 3.14. The van der Waals surface area contributed by atoms with Gasteiger partial charge in [0.15, 0.2) is 0 Å². The summed E-state index contributed by atoms with van der Waals surface area (Å²) in [6.07, 6.45) is 1.28. The van der Waals surface area contributed by atoms with Gasteiger partial charge >= 0.3 is 0 Å². The number of thioether (sulfide) groups is 1. The molecule has 1 fully saturated rings. The van der Waals surface area contributed by atoms with Crippen LogP contribution in [0.5, 0.6) is 0 Å². The summed E-state index contributed by atoms with van der Waals surface area (Å²) in [5.74, 6) is 1.29. The van der Waals surface area contributed by atoms with Gasteiger partial charge in [-0.1, -0.05) is 22.9 Å². The Labute approximate surface area is 97.8 Å². The minimum Gasteiger partial charge on any atom is -0.381 e. The zero-order valence-electron chi connectivity index (χ0n) is 8.16. The van der Waals surface area contributed by atoms with Gasteiger partial charge in [0.05, 0.1) is 0 Å². The van der Waals surface area contributed by atoms with Crippen molar-refractivity contribution in [2.24, 2.45) is 0 Å². The topological polar surface area (TPSA) is 12.0 Å². The van der Waals surface area contributed by atoms with Crippen LogP contribution < -0.4 is 5.32 Å². The lowest BCUT2D eigenvalue weighted by Gasteiger charge is -2.17. The quantitative estimate of drug-likeness (QED) is 0.879. The van der Waals surface area contributed by atoms with E-state index in [0.717, 1.165) is 9.72 Å². The molecule has 0 aliphatic carbocycles. The third kappa shape index (κ3) is 2.45. The van der Waals surface area contributed by atoms with Crippen molar-refractivity contribution >= 4 is 33.4 Å². The zero-order valence-corrected chi connectivity index (χ0v) is 10.6. The molecule has 1 aliphatic rings. The summed E-state index contributed by atoms with van der Waals surface area (Å²) >= 11 is 5.49. The Morgan fingerprint density at radius 3 is 2.64 bits per heavy atom. The van der Waals surface area contributed by atoms with Gasteiger partial charge in [0.25, 0.3) is 0 Å². The molecule has 1 aliphatic heterocycles. The number of benzene rings is 1. The molecule has 2 atom stereocenters. The van der Waals surface area contributed by atoms with E-state index in [4.69, 9.17) is 0 Å². The molecule has 1 N–H and O–H groups in total. The maximum atomic E-state index is 3.58. The molecule has 1 aromatic carbocycles. The molecule has 2 unspecified atom stereocenters. The monoisotopic (exact) mass is 271 g/mol. The van der Waals surface area contributed by atoms with Crippen LogP contribution in [0, 0.1) is 0 Å². The van der Waals surface area contributed by atoms with E-state index in [1.807, 2.05) is 0 Å².